The van der Waals surface area contributed by atoms with Crippen LogP contribution in [-0.2, 0) is 17.6 Å². The Balaban J connectivity index is 1.72. The Bertz CT molecular complexity index is 1370. The van der Waals surface area contributed by atoms with Crippen molar-refractivity contribution >= 4 is 18.7 Å². The molecule has 1 heterocycles. The lowest BCUT2D eigenvalue weighted by atomic mass is 10.2. The van der Waals surface area contributed by atoms with Crippen molar-refractivity contribution in [3.63, 3.8) is 0 Å². The van der Waals surface area contributed by atoms with Gasteiger partial charge in [0, 0.05) is 6.07 Å². The van der Waals surface area contributed by atoms with Crippen LogP contribution in [-0.4, -0.2) is 25.2 Å². The molecule has 0 bridgehead atoms. The number of hydrogen-bond donors (Lipinski definition) is 1. The largest absolute Gasteiger partial charge is 0.497 e. The second-order valence-electron chi connectivity index (χ2n) is 9.84. The molecule has 4 rings (SSSR count). The van der Waals surface area contributed by atoms with Crippen molar-refractivity contribution < 1.29 is 9.16 Å². The zero-order chi connectivity index (χ0) is 25.8. The summed E-state index contributed by atoms with van der Waals surface area (Å²) < 4.78 is 13.5. The van der Waals surface area contributed by atoms with Crippen LogP contribution < -0.4 is 26.1 Å². The van der Waals surface area contributed by atoms with Crippen LogP contribution in [0.25, 0.3) is 0 Å². The predicted octanol–water partition coefficient (Wildman–Crippen LogP) is 3.67. The average Bonchev–Trinajstić information content (AvgIpc) is 2.88. The van der Waals surface area contributed by atoms with Gasteiger partial charge in [-0.1, -0.05) is 93.6 Å². The molecule has 0 aliphatic heterocycles. The lowest BCUT2D eigenvalue weighted by Crippen LogP contribution is -2.66. The van der Waals surface area contributed by atoms with Crippen LogP contribution in [0.1, 0.15) is 32.0 Å². The van der Waals surface area contributed by atoms with Gasteiger partial charge >= 0.3 is 5.56 Å². The van der Waals surface area contributed by atoms with E-state index in [1.54, 1.807) is 7.11 Å². The number of nitrogens with one attached hydrogen (secondary N) is 1. The third-order valence-corrected chi connectivity index (χ3v) is 11.4. The fourth-order valence-corrected chi connectivity index (χ4v) is 9.18. The predicted molar refractivity (Wildman–Crippen MR) is 146 cm³/mol. The molecule has 0 amide bonds. The quantitative estimate of drug-likeness (QED) is 0.296. The Morgan fingerprint density at radius 3 is 1.89 bits per heavy atom. The van der Waals surface area contributed by atoms with Gasteiger partial charge in [-0.05, 0) is 33.1 Å². The van der Waals surface area contributed by atoms with Gasteiger partial charge in [-0.2, -0.15) is 0 Å². The van der Waals surface area contributed by atoms with Crippen molar-refractivity contribution in [2.75, 3.05) is 7.11 Å². The van der Waals surface area contributed by atoms with Crippen LogP contribution in [0, 0.1) is 0 Å². The molecule has 0 radical (unpaired) electrons. The first-order valence-corrected chi connectivity index (χ1v) is 13.9. The molecule has 7 heteroatoms. The van der Waals surface area contributed by atoms with Gasteiger partial charge in [0.2, 0.25) is 5.43 Å². The molecular formula is C29H32N2O4Si. The maximum atomic E-state index is 12.6. The van der Waals surface area contributed by atoms with E-state index in [4.69, 9.17) is 9.16 Å². The fourth-order valence-electron chi connectivity index (χ4n) is 4.66. The van der Waals surface area contributed by atoms with Crippen LogP contribution in [0.15, 0.2) is 101 Å². The van der Waals surface area contributed by atoms with Crippen molar-refractivity contribution in [3.05, 3.63) is 123 Å². The van der Waals surface area contributed by atoms with E-state index in [1.165, 1.54) is 10.7 Å². The molecule has 0 saturated heterocycles. The van der Waals surface area contributed by atoms with E-state index in [2.05, 4.69) is 50.1 Å². The minimum absolute atomic E-state index is 0.172. The number of methoxy groups -OCH3 is 1. The normalized spacial score (nSPS) is 11.9. The van der Waals surface area contributed by atoms with E-state index in [0.29, 0.717) is 5.69 Å². The number of aromatic nitrogens is 2. The number of hydrogen-bond acceptors (Lipinski definition) is 4. The molecule has 36 heavy (non-hydrogen) atoms. The standard InChI is InChI=1S/C29H32N2O4Si/c1-29(2,3)36(25-11-7-5-8-12-25,26-13-9-6-10-14-26)35-21-23-19-27(32)28(33)31(30-23)20-22-15-17-24(34-4)18-16-22/h5-19,30H,20-21H2,1-4H3. The van der Waals surface area contributed by atoms with Gasteiger partial charge < -0.3 is 9.16 Å². The number of rotatable bonds is 8. The van der Waals surface area contributed by atoms with Crippen molar-refractivity contribution in [1.29, 1.82) is 0 Å². The summed E-state index contributed by atoms with van der Waals surface area (Å²) in [6.45, 7) is 7.02. The first-order valence-electron chi connectivity index (χ1n) is 12.0. The summed E-state index contributed by atoms with van der Waals surface area (Å²) in [5.41, 5.74) is 0.267. The first kappa shape index (κ1) is 25.4. The Hall–Kier alpha value is -3.68. The Morgan fingerprint density at radius 2 is 1.39 bits per heavy atom. The van der Waals surface area contributed by atoms with E-state index in [-0.39, 0.29) is 18.2 Å². The van der Waals surface area contributed by atoms with Crippen molar-refractivity contribution in [1.82, 2.24) is 9.78 Å². The molecule has 0 spiro atoms. The molecule has 4 aromatic rings. The summed E-state index contributed by atoms with van der Waals surface area (Å²) >= 11 is 0. The molecule has 0 unspecified atom stereocenters. The summed E-state index contributed by atoms with van der Waals surface area (Å²) in [5.74, 6) is 0.729. The average molecular weight is 501 g/mol. The summed E-state index contributed by atoms with van der Waals surface area (Å²) in [6, 6.07) is 29.4. The SMILES string of the molecule is COc1ccc(Cn2[nH]c(CO[Si](c3ccccc3)(c3ccccc3)C(C)(C)C)cc(=O)c2=O)cc1. The molecule has 186 valence electrons. The van der Waals surface area contributed by atoms with E-state index in [0.717, 1.165) is 21.7 Å². The van der Waals surface area contributed by atoms with Crippen molar-refractivity contribution in [2.45, 2.75) is 39.0 Å². The molecule has 0 atom stereocenters. The summed E-state index contributed by atoms with van der Waals surface area (Å²) in [5, 5.41) is 5.23. The molecule has 1 N–H and O–H groups in total. The molecule has 1 aromatic heterocycles. The summed E-state index contributed by atoms with van der Waals surface area (Å²) in [4.78, 5) is 25.2. The molecule has 0 saturated carbocycles. The van der Waals surface area contributed by atoms with Gasteiger partial charge in [0.1, 0.15) is 5.75 Å². The number of nitrogens with zero attached hydrogens (tertiary/aromatic N) is 1. The first-order chi connectivity index (χ1) is 17.2. The lowest BCUT2D eigenvalue weighted by molar-refractivity contribution is 0.278. The van der Waals surface area contributed by atoms with Gasteiger partial charge in [0.25, 0.3) is 8.32 Å². The van der Waals surface area contributed by atoms with E-state index < -0.39 is 19.3 Å². The number of benzene rings is 3. The molecular weight excluding hydrogens is 468 g/mol. The maximum Gasteiger partial charge on any atom is 0.313 e. The topological polar surface area (TPSA) is 73.3 Å². The molecule has 0 aliphatic carbocycles. The van der Waals surface area contributed by atoms with Gasteiger partial charge in [0.05, 0.1) is 26.0 Å². The monoisotopic (exact) mass is 500 g/mol. The van der Waals surface area contributed by atoms with Crippen LogP contribution in [0.3, 0.4) is 0 Å². The van der Waals surface area contributed by atoms with Gasteiger partial charge in [-0.25, -0.2) is 4.68 Å². The zero-order valence-corrected chi connectivity index (χ0v) is 22.2. The highest BCUT2D eigenvalue weighted by molar-refractivity contribution is 6.99. The third kappa shape index (κ3) is 5.12. The molecule has 0 aliphatic rings. The van der Waals surface area contributed by atoms with Crippen LogP contribution in [0.4, 0.5) is 0 Å². The van der Waals surface area contributed by atoms with Gasteiger partial charge in [-0.15, -0.1) is 0 Å². The zero-order valence-electron chi connectivity index (χ0n) is 21.2. The molecule has 6 nitrogen and oxygen atoms in total. The number of ether oxygens (including phenoxy) is 1. The van der Waals surface area contributed by atoms with Crippen molar-refractivity contribution in [2.24, 2.45) is 0 Å². The van der Waals surface area contributed by atoms with E-state index in [1.807, 2.05) is 60.7 Å². The fraction of sp³-hybridized carbons (Fsp3) is 0.241. The van der Waals surface area contributed by atoms with Gasteiger partial charge in [-0.3, -0.25) is 14.7 Å². The van der Waals surface area contributed by atoms with Gasteiger partial charge in [0.15, 0.2) is 0 Å². The van der Waals surface area contributed by atoms with Crippen molar-refractivity contribution in [3.8, 4) is 5.75 Å². The van der Waals surface area contributed by atoms with E-state index in [9.17, 15) is 9.59 Å². The minimum Gasteiger partial charge on any atom is -0.497 e. The summed E-state index contributed by atoms with van der Waals surface area (Å²) in [6.07, 6.45) is 0. The number of H-pyrrole nitrogens is 1. The second kappa shape index (κ2) is 10.5. The Kier molecular flexibility index (Phi) is 7.42. The summed E-state index contributed by atoms with van der Waals surface area (Å²) in [7, 11) is -1.19. The lowest BCUT2D eigenvalue weighted by Gasteiger charge is -2.43. The number of aromatic amines is 1. The third-order valence-electron chi connectivity index (χ3n) is 6.40. The van der Waals surface area contributed by atoms with Crippen LogP contribution in [0.2, 0.25) is 5.04 Å². The molecule has 0 fully saturated rings. The molecule has 3 aromatic carbocycles. The van der Waals surface area contributed by atoms with Crippen LogP contribution >= 0.6 is 0 Å². The van der Waals surface area contributed by atoms with E-state index >= 15 is 0 Å². The Morgan fingerprint density at radius 1 is 0.833 bits per heavy atom. The highest BCUT2D eigenvalue weighted by atomic mass is 28.4. The Labute approximate surface area is 212 Å². The highest BCUT2D eigenvalue weighted by Crippen LogP contribution is 2.37. The highest BCUT2D eigenvalue weighted by Gasteiger charge is 2.50. The second-order valence-corrected chi connectivity index (χ2v) is 14.1. The van der Waals surface area contributed by atoms with Crippen LogP contribution in [0.5, 0.6) is 5.75 Å². The smallest absolute Gasteiger partial charge is 0.313 e. The minimum atomic E-state index is -2.79. The maximum absolute atomic E-state index is 12.6.